The molecule has 2 fully saturated rings. The molecule has 0 radical (unpaired) electrons. The van der Waals surface area contributed by atoms with E-state index in [-0.39, 0.29) is 44.0 Å². The number of carbonyl (C=O) groups excluding carboxylic acids is 4. The Morgan fingerprint density at radius 3 is 2.20 bits per heavy atom. The van der Waals surface area contributed by atoms with Crippen LogP contribution in [0, 0.1) is 11.8 Å². The van der Waals surface area contributed by atoms with Crippen molar-refractivity contribution in [3.63, 3.8) is 0 Å². The fraction of sp³-hybridized carbons (Fsp3) is 0.814. The third-order valence-electron chi connectivity index (χ3n) is 11.2. The Labute approximate surface area is 349 Å². The highest BCUT2D eigenvalue weighted by atomic mass is 16.7. The minimum Gasteiger partial charge on any atom is -0.462 e. The van der Waals surface area contributed by atoms with Crippen molar-refractivity contribution in [1.29, 1.82) is 0 Å². The number of hydrogen-bond donors (Lipinski definition) is 3. The van der Waals surface area contributed by atoms with Crippen LogP contribution in [0.5, 0.6) is 0 Å². The first-order valence-electron chi connectivity index (χ1n) is 21.1. The number of aliphatic hydroxyl groups is 3. The Balaban J connectivity index is 1.97. The number of esters is 3. The van der Waals surface area contributed by atoms with Crippen LogP contribution in [0.3, 0.4) is 0 Å². The molecule has 0 amide bonds. The Morgan fingerprint density at radius 1 is 0.949 bits per heavy atom. The van der Waals surface area contributed by atoms with Gasteiger partial charge in [-0.25, -0.2) is 0 Å². The van der Waals surface area contributed by atoms with E-state index in [0.29, 0.717) is 19.3 Å². The number of cyclic esters (lactones) is 1. The van der Waals surface area contributed by atoms with Crippen molar-refractivity contribution in [3.8, 4) is 0 Å². The van der Waals surface area contributed by atoms with E-state index in [1.807, 2.05) is 26.8 Å². The normalized spacial score (nSPS) is 40.1. The van der Waals surface area contributed by atoms with Crippen molar-refractivity contribution in [2.24, 2.45) is 11.8 Å². The fourth-order valence-electron chi connectivity index (χ4n) is 8.22. The van der Waals surface area contributed by atoms with Gasteiger partial charge in [0, 0.05) is 39.2 Å². The first-order valence-corrected chi connectivity index (χ1v) is 21.1. The molecule has 16 atom stereocenters. The molecular weight excluding hydrogens is 770 g/mol. The highest BCUT2D eigenvalue weighted by Gasteiger charge is 2.52. The lowest BCUT2D eigenvalue weighted by Gasteiger charge is -2.50. The average Bonchev–Trinajstić information content (AvgIpc) is 3.13. The van der Waals surface area contributed by atoms with Gasteiger partial charge in [0.05, 0.1) is 36.9 Å². The number of aliphatic hydroxyl groups excluding tert-OH is 2. The second-order valence-corrected chi connectivity index (χ2v) is 16.7. The molecule has 0 unspecified atom stereocenters. The van der Waals surface area contributed by atoms with Gasteiger partial charge < -0.3 is 62.9 Å². The molecule has 0 aromatic carbocycles. The Bertz CT molecular complexity index is 1390. The van der Waals surface area contributed by atoms with E-state index in [1.165, 1.54) is 7.11 Å². The number of likely N-dealkylation sites (N-methyl/N-ethyl adjacent to an activating group) is 1. The molecule has 2 saturated heterocycles. The van der Waals surface area contributed by atoms with Crippen molar-refractivity contribution in [3.05, 3.63) is 24.3 Å². The van der Waals surface area contributed by atoms with Crippen LogP contribution in [0.1, 0.15) is 106 Å². The third kappa shape index (κ3) is 14.7. The standard InChI is InChI=1S/C43H71NO15/c1-11-16-32(47)56-31-19-15-13-14-18-26(4)53-34(49)23-30(46)40(52-10)39(29(20-21-45)22-25(31)3)59-42-37(50)36(44(8)9)38(27(5)55-42)58-35-24-43(7,51)41(28(6)54-35)57-33(48)17-12-2/h13-15,19,21,25-31,35-42,46,50-51H,11-12,16-18,20,22-24H2,1-10H3/b14-13+,19-15+/t25-,26-,27-,28+,29+,30-,31+,35+,36-,37-,38-,39+,40+,41+,42+,43-/m1/s1. The summed E-state index contributed by atoms with van der Waals surface area (Å²) < 4.78 is 48.5. The molecule has 16 heteroatoms. The minimum atomic E-state index is -1.49. The Hall–Kier alpha value is -2.80. The zero-order valence-corrected chi connectivity index (χ0v) is 36.6. The molecule has 3 aliphatic rings. The number of nitrogens with zero attached hydrogens (tertiary/aromatic N) is 1. The summed E-state index contributed by atoms with van der Waals surface area (Å²) in [6, 6.07) is -0.773. The molecule has 0 aromatic heterocycles. The molecule has 3 aliphatic heterocycles. The van der Waals surface area contributed by atoms with E-state index in [9.17, 15) is 34.5 Å². The predicted octanol–water partition coefficient (Wildman–Crippen LogP) is 3.55. The van der Waals surface area contributed by atoms with Crippen molar-refractivity contribution >= 4 is 24.2 Å². The van der Waals surface area contributed by atoms with Gasteiger partial charge in [-0.3, -0.25) is 14.4 Å². The SMILES string of the molecule is CCCC(=O)O[C@H]1/C=C/C=C/C[C@@H](C)OC(=O)C[C@@H](O)[C@H](OC)[C@@H](O[C@@H]2O[C@H](C)[C@@H](O[C@H]3C[C@@](C)(O)[C@@H](OC(=O)CCC)[C@H](C)O3)[C@H](N(C)C)[C@H]2O)[C@@H](CC=O)C[C@H]1C. The monoisotopic (exact) mass is 841 g/mol. The average molecular weight is 842 g/mol. The molecule has 3 heterocycles. The molecule has 0 saturated carbocycles. The van der Waals surface area contributed by atoms with Crippen LogP contribution in [0.25, 0.3) is 0 Å². The second kappa shape index (κ2) is 24.0. The molecule has 338 valence electrons. The summed E-state index contributed by atoms with van der Waals surface area (Å²) in [5, 5.41) is 35.0. The first kappa shape index (κ1) is 50.6. The van der Waals surface area contributed by atoms with Gasteiger partial charge in [-0.1, -0.05) is 39.0 Å². The van der Waals surface area contributed by atoms with Gasteiger partial charge in [-0.05, 0) is 79.0 Å². The van der Waals surface area contributed by atoms with Crippen LogP contribution in [-0.4, -0.2) is 151 Å². The first-order chi connectivity index (χ1) is 27.9. The van der Waals surface area contributed by atoms with Crippen molar-refractivity contribution < 1.29 is 72.4 Å². The van der Waals surface area contributed by atoms with E-state index >= 15 is 0 Å². The molecule has 59 heavy (non-hydrogen) atoms. The van der Waals surface area contributed by atoms with E-state index in [4.69, 9.17) is 37.9 Å². The number of aldehydes is 1. The molecular formula is C43H71NO15. The molecule has 0 aliphatic carbocycles. The topological polar surface area (TPSA) is 206 Å². The van der Waals surface area contributed by atoms with Crippen molar-refractivity contribution in [1.82, 2.24) is 4.90 Å². The molecule has 3 rings (SSSR count). The van der Waals surface area contributed by atoms with Crippen LogP contribution in [0.2, 0.25) is 0 Å². The van der Waals surface area contributed by atoms with Crippen molar-refractivity contribution in [2.45, 2.75) is 192 Å². The number of hydrogen-bond acceptors (Lipinski definition) is 16. The highest BCUT2D eigenvalue weighted by Crippen LogP contribution is 2.37. The maximum Gasteiger partial charge on any atom is 0.308 e. The van der Waals surface area contributed by atoms with Gasteiger partial charge in [-0.2, -0.15) is 0 Å². The van der Waals surface area contributed by atoms with Crippen LogP contribution < -0.4 is 0 Å². The molecule has 0 bridgehead atoms. The van der Waals surface area contributed by atoms with Gasteiger partial charge in [0.2, 0.25) is 0 Å². The smallest absolute Gasteiger partial charge is 0.308 e. The summed E-state index contributed by atoms with van der Waals surface area (Å²) in [7, 11) is 4.86. The lowest BCUT2D eigenvalue weighted by atomic mass is 9.82. The Morgan fingerprint density at radius 2 is 1.61 bits per heavy atom. The van der Waals surface area contributed by atoms with Crippen LogP contribution >= 0.6 is 0 Å². The summed E-state index contributed by atoms with van der Waals surface area (Å²) in [5.74, 6) is -2.53. The van der Waals surface area contributed by atoms with Crippen LogP contribution in [0.4, 0.5) is 0 Å². The molecule has 3 N–H and O–H groups in total. The zero-order chi connectivity index (χ0) is 44.0. The molecule has 0 aromatic rings. The van der Waals surface area contributed by atoms with Crippen LogP contribution in [-0.2, 0) is 57.1 Å². The van der Waals surface area contributed by atoms with Gasteiger partial charge in [0.1, 0.15) is 42.4 Å². The summed E-state index contributed by atoms with van der Waals surface area (Å²) in [6.07, 6.45) is -2.37. The lowest BCUT2D eigenvalue weighted by molar-refractivity contribution is -0.344. The number of methoxy groups -OCH3 is 1. The number of carbonyl (C=O) groups is 4. The number of ether oxygens (including phenoxy) is 8. The number of rotatable bonds is 14. The molecule has 16 nitrogen and oxygen atoms in total. The van der Waals surface area contributed by atoms with Gasteiger partial charge >= 0.3 is 17.9 Å². The third-order valence-corrected chi connectivity index (χ3v) is 11.2. The highest BCUT2D eigenvalue weighted by molar-refractivity contribution is 5.70. The van der Waals surface area contributed by atoms with Crippen molar-refractivity contribution in [2.75, 3.05) is 21.2 Å². The zero-order valence-electron chi connectivity index (χ0n) is 36.6. The summed E-state index contributed by atoms with van der Waals surface area (Å²) in [5.41, 5.74) is -1.49. The van der Waals surface area contributed by atoms with E-state index < -0.39 is 110 Å². The van der Waals surface area contributed by atoms with Crippen LogP contribution in [0.15, 0.2) is 24.3 Å². The maximum atomic E-state index is 13.0. The van der Waals surface area contributed by atoms with Gasteiger partial charge in [-0.15, -0.1) is 0 Å². The largest absolute Gasteiger partial charge is 0.462 e. The Kier molecular flexibility index (Phi) is 20.6. The fourth-order valence-corrected chi connectivity index (χ4v) is 8.22. The predicted molar refractivity (Wildman–Crippen MR) is 215 cm³/mol. The summed E-state index contributed by atoms with van der Waals surface area (Å²) in [4.78, 5) is 52.2. The summed E-state index contributed by atoms with van der Waals surface area (Å²) >= 11 is 0. The van der Waals surface area contributed by atoms with E-state index in [1.54, 1.807) is 64.9 Å². The van der Waals surface area contributed by atoms with Gasteiger partial charge in [0.15, 0.2) is 18.7 Å². The van der Waals surface area contributed by atoms with E-state index in [2.05, 4.69) is 0 Å². The molecule has 0 spiro atoms. The summed E-state index contributed by atoms with van der Waals surface area (Å²) in [6.45, 7) is 12.3. The number of allylic oxidation sites excluding steroid dienone is 2. The quantitative estimate of drug-likeness (QED) is 0.130. The minimum absolute atomic E-state index is 0.0384. The maximum absolute atomic E-state index is 13.0. The van der Waals surface area contributed by atoms with E-state index in [0.717, 1.165) is 6.29 Å². The van der Waals surface area contributed by atoms with Gasteiger partial charge in [0.25, 0.3) is 0 Å². The second-order valence-electron chi connectivity index (χ2n) is 16.7. The lowest BCUT2D eigenvalue weighted by Crippen LogP contribution is -2.66.